The number of carbonyl (C=O) groups is 1. The number of rotatable bonds is 6. The molecule has 19 heavy (non-hydrogen) atoms. The van der Waals surface area contributed by atoms with Gasteiger partial charge >= 0.3 is 5.97 Å². The van der Waals surface area contributed by atoms with E-state index in [4.69, 9.17) is 0 Å². The molecule has 0 bridgehead atoms. The molecule has 100 valence electrons. The lowest BCUT2D eigenvalue weighted by atomic mass is 9.94. The Morgan fingerprint density at radius 2 is 1.84 bits per heavy atom. The van der Waals surface area contributed by atoms with Gasteiger partial charge in [0.15, 0.2) is 0 Å². The van der Waals surface area contributed by atoms with E-state index in [1.165, 1.54) is 19.3 Å². The number of aromatic carboxylic acids is 1. The van der Waals surface area contributed by atoms with Gasteiger partial charge in [-0.05, 0) is 35.2 Å². The summed E-state index contributed by atoms with van der Waals surface area (Å²) in [5.41, 5.74) is 1.44. The molecule has 0 aliphatic rings. The summed E-state index contributed by atoms with van der Waals surface area (Å²) in [6.07, 6.45) is 5.48. The summed E-state index contributed by atoms with van der Waals surface area (Å²) in [4.78, 5) is 11.4. The summed E-state index contributed by atoms with van der Waals surface area (Å²) < 4.78 is 0. The van der Waals surface area contributed by atoms with Gasteiger partial charge in [-0.2, -0.15) is 0 Å². The first-order valence-corrected chi connectivity index (χ1v) is 6.98. The third kappa shape index (κ3) is 3.14. The van der Waals surface area contributed by atoms with Gasteiger partial charge in [0.25, 0.3) is 0 Å². The smallest absolute Gasteiger partial charge is 0.335 e. The Kier molecular flexibility index (Phi) is 4.56. The van der Waals surface area contributed by atoms with E-state index in [-0.39, 0.29) is 0 Å². The predicted molar refractivity (Wildman–Crippen MR) is 78.8 cm³/mol. The summed E-state index contributed by atoms with van der Waals surface area (Å²) in [6.45, 7) is 2.18. The van der Waals surface area contributed by atoms with Crippen LogP contribution in [0.25, 0.3) is 10.8 Å². The molecular weight excluding hydrogens is 236 g/mol. The maximum Gasteiger partial charge on any atom is 0.335 e. The quantitative estimate of drug-likeness (QED) is 0.763. The second-order valence-electron chi connectivity index (χ2n) is 4.93. The van der Waals surface area contributed by atoms with Crippen molar-refractivity contribution in [1.29, 1.82) is 0 Å². The second kappa shape index (κ2) is 6.37. The van der Waals surface area contributed by atoms with Crippen LogP contribution in [0.2, 0.25) is 0 Å². The molecule has 0 saturated carbocycles. The minimum Gasteiger partial charge on any atom is -0.478 e. The zero-order valence-electron chi connectivity index (χ0n) is 11.4. The molecule has 0 aromatic heterocycles. The Hall–Kier alpha value is -1.83. The van der Waals surface area contributed by atoms with Crippen molar-refractivity contribution in [3.63, 3.8) is 0 Å². The SMILES string of the molecule is CCCCCCc1c(C(=O)O)ccc2ccccc12. The number of carboxylic acid groups (broad SMARTS) is 1. The van der Waals surface area contributed by atoms with Crippen LogP contribution in [0.3, 0.4) is 0 Å². The lowest BCUT2D eigenvalue weighted by Crippen LogP contribution is -2.03. The van der Waals surface area contributed by atoms with Crippen LogP contribution < -0.4 is 0 Å². The van der Waals surface area contributed by atoms with E-state index < -0.39 is 5.97 Å². The van der Waals surface area contributed by atoms with Crippen LogP contribution in [0.1, 0.15) is 48.5 Å². The molecule has 2 aromatic rings. The zero-order chi connectivity index (χ0) is 13.7. The average molecular weight is 256 g/mol. The van der Waals surface area contributed by atoms with E-state index in [0.29, 0.717) is 5.56 Å². The Morgan fingerprint density at radius 3 is 2.58 bits per heavy atom. The molecule has 0 saturated heterocycles. The van der Waals surface area contributed by atoms with Crippen LogP contribution in [0.4, 0.5) is 0 Å². The maximum absolute atomic E-state index is 11.4. The first kappa shape index (κ1) is 13.6. The van der Waals surface area contributed by atoms with E-state index >= 15 is 0 Å². The molecule has 1 N–H and O–H groups in total. The molecule has 0 spiro atoms. The van der Waals surface area contributed by atoms with Crippen molar-refractivity contribution < 1.29 is 9.90 Å². The molecule has 0 atom stereocenters. The van der Waals surface area contributed by atoms with Crippen molar-refractivity contribution in [2.75, 3.05) is 0 Å². The number of benzene rings is 2. The van der Waals surface area contributed by atoms with Crippen molar-refractivity contribution in [1.82, 2.24) is 0 Å². The van der Waals surface area contributed by atoms with Gasteiger partial charge in [-0.1, -0.05) is 56.5 Å². The minimum absolute atomic E-state index is 0.454. The van der Waals surface area contributed by atoms with Crippen molar-refractivity contribution in [2.24, 2.45) is 0 Å². The average Bonchev–Trinajstić information content (AvgIpc) is 2.43. The predicted octanol–water partition coefficient (Wildman–Crippen LogP) is 4.66. The van der Waals surface area contributed by atoms with E-state index in [0.717, 1.165) is 29.2 Å². The van der Waals surface area contributed by atoms with Crippen molar-refractivity contribution in [3.05, 3.63) is 47.5 Å². The molecule has 0 heterocycles. The molecule has 2 nitrogen and oxygen atoms in total. The highest BCUT2D eigenvalue weighted by Gasteiger charge is 2.12. The largest absolute Gasteiger partial charge is 0.478 e. The normalized spacial score (nSPS) is 10.8. The molecule has 2 rings (SSSR count). The van der Waals surface area contributed by atoms with Crippen molar-refractivity contribution in [3.8, 4) is 0 Å². The van der Waals surface area contributed by atoms with Crippen LogP contribution in [-0.4, -0.2) is 11.1 Å². The lowest BCUT2D eigenvalue weighted by molar-refractivity contribution is 0.0696. The monoisotopic (exact) mass is 256 g/mol. The fourth-order valence-electron chi connectivity index (χ4n) is 2.53. The minimum atomic E-state index is -0.823. The van der Waals surface area contributed by atoms with Gasteiger partial charge in [0.2, 0.25) is 0 Å². The van der Waals surface area contributed by atoms with Crippen LogP contribution >= 0.6 is 0 Å². The van der Waals surface area contributed by atoms with Gasteiger partial charge in [0.05, 0.1) is 5.56 Å². The topological polar surface area (TPSA) is 37.3 Å². The number of hydrogen-bond donors (Lipinski definition) is 1. The van der Waals surface area contributed by atoms with Crippen LogP contribution in [0, 0.1) is 0 Å². The van der Waals surface area contributed by atoms with Gasteiger partial charge < -0.3 is 5.11 Å². The van der Waals surface area contributed by atoms with Gasteiger partial charge in [0, 0.05) is 0 Å². The van der Waals surface area contributed by atoms with Gasteiger partial charge in [-0.15, -0.1) is 0 Å². The summed E-state index contributed by atoms with van der Waals surface area (Å²) in [5.74, 6) is -0.823. The van der Waals surface area contributed by atoms with Gasteiger partial charge in [-0.25, -0.2) is 4.79 Å². The van der Waals surface area contributed by atoms with E-state index in [1.807, 2.05) is 30.3 Å². The molecule has 0 unspecified atom stereocenters. The van der Waals surface area contributed by atoms with Gasteiger partial charge in [-0.3, -0.25) is 0 Å². The first-order valence-electron chi connectivity index (χ1n) is 6.98. The third-order valence-corrected chi connectivity index (χ3v) is 3.55. The zero-order valence-corrected chi connectivity index (χ0v) is 11.4. The van der Waals surface area contributed by atoms with E-state index in [2.05, 4.69) is 6.92 Å². The van der Waals surface area contributed by atoms with E-state index in [1.54, 1.807) is 6.07 Å². The molecule has 2 heteroatoms. The highest BCUT2D eigenvalue weighted by molar-refractivity contribution is 5.97. The van der Waals surface area contributed by atoms with Crippen LogP contribution in [0.15, 0.2) is 36.4 Å². The number of unbranched alkanes of at least 4 members (excludes halogenated alkanes) is 3. The van der Waals surface area contributed by atoms with Crippen LogP contribution in [-0.2, 0) is 6.42 Å². The molecule has 0 aliphatic heterocycles. The molecule has 0 fully saturated rings. The van der Waals surface area contributed by atoms with Crippen molar-refractivity contribution >= 4 is 16.7 Å². The van der Waals surface area contributed by atoms with E-state index in [9.17, 15) is 9.90 Å². The van der Waals surface area contributed by atoms with Crippen molar-refractivity contribution in [2.45, 2.75) is 39.0 Å². The summed E-state index contributed by atoms with van der Waals surface area (Å²) in [5, 5.41) is 11.5. The number of aryl methyl sites for hydroxylation is 1. The highest BCUT2D eigenvalue weighted by atomic mass is 16.4. The molecule has 0 radical (unpaired) electrons. The van der Waals surface area contributed by atoms with Gasteiger partial charge in [0.1, 0.15) is 0 Å². The fraction of sp³-hybridized carbons (Fsp3) is 0.353. The second-order valence-corrected chi connectivity index (χ2v) is 4.93. The number of carboxylic acids is 1. The standard InChI is InChI=1S/C17H20O2/c1-2-3-4-5-10-15-14-9-7-6-8-13(14)11-12-16(15)17(18)19/h6-9,11-12H,2-5,10H2,1H3,(H,18,19). The molecule has 2 aromatic carbocycles. The summed E-state index contributed by atoms with van der Waals surface area (Å²) in [7, 11) is 0. The first-order chi connectivity index (χ1) is 9.24. The Bertz CT molecular complexity index is 572. The van der Waals surface area contributed by atoms with Crippen LogP contribution in [0.5, 0.6) is 0 Å². The number of hydrogen-bond acceptors (Lipinski definition) is 1. The maximum atomic E-state index is 11.4. The summed E-state index contributed by atoms with van der Waals surface area (Å²) >= 11 is 0. The number of fused-ring (bicyclic) bond motifs is 1. The molecule has 0 aliphatic carbocycles. The Balaban J connectivity index is 2.35. The lowest BCUT2D eigenvalue weighted by Gasteiger charge is -2.10. The highest BCUT2D eigenvalue weighted by Crippen LogP contribution is 2.24. The molecular formula is C17H20O2. The molecule has 0 amide bonds. The third-order valence-electron chi connectivity index (χ3n) is 3.55. The Morgan fingerprint density at radius 1 is 1.05 bits per heavy atom. The summed E-state index contributed by atoms with van der Waals surface area (Å²) in [6, 6.07) is 11.7. The Labute approximate surface area is 114 Å². The fourth-order valence-corrected chi connectivity index (χ4v) is 2.53.